The summed E-state index contributed by atoms with van der Waals surface area (Å²) in [6.45, 7) is 6.48. The van der Waals surface area contributed by atoms with Gasteiger partial charge in [0.05, 0.1) is 21.6 Å². The first-order valence-electron chi connectivity index (χ1n) is 6.33. The van der Waals surface area contributed by atoms with Crippen LogP contribution in [0.3, 0.4) is 0 Å². The van der Waals surface area contributed by atoms with E-state index in [0.29, 0.717) is 6.54 Å². The molecule has 0 saturated heterocycles. The minimum atomic E-state index is -0.0636. The highest BCUT2D eigenvalue weighted by molar-refractivity contribution is 9.10. The summed E-state index contributed by atoms with van der Waals surface area (Å²) in [5.41, 5.74) is 3.80. The fraction of sp³-hybridized carbons (Fsp3) is 0.462. The van der Waals surface area contributed by atoms with Gasteiger partial charge >= 0.3 is 0 Å². The third kappa shape index (κ3) is 3.09. The number of nitrogens with one attached hydrogen (secondary N) is 1. The number of halogens is 1. The average molecular weight is 340 g/mol. The standard InChI is InChI=1S/C13H18BrN5O/c1-8-11(6-18(4)16-8)5-15-12(20)7-19-10(3)13(14)9(2)17-19/h6H,5,7H2,1-4H3,(H,15,20). The Hall–Kier alpha value is -1.63. The SMILES string of the molecule is Cc1nn(C)cc1CNC(=O)Cn1nc(C)c(Br)c1C. The lowest BCUT2D eigenvalue weighted by Crippen LogP contribution is -2.28. The molecule has 0 aliphatic rings. The van der Waals surface area contributed by atoms with Crippen molar-refractivity contribution in [3.8, 4) is 0 Å². The normalized spacial score (nSPS) is 10.8. The molecule has 0 radical (unpaired) electrons. The molecule has 1 amide bonds. The van der Waals surface area contributed by atoms with Gasteiger partial charge in [-0.3, -0.25) is 14.2 Å². The molecule has 0 spiro atoms. The molecule has 0 unspecified atom stereocenters. The van der Waals surface area contributed by atoms with E-state index in [4.69, 9.17) is 0 Å². The van der Waals surface area contributed by atoms with Crippen LogP contribution in [0.5, 0.6) is 0 Å². The first kappa shape index (κ1) is 14.8. The van der Waals surface area contributed by atoms with Gasteiger partial charge in [0, 0.05) is 25.4 Å². The number of hydrogen-bond donors (Lipinski definition) is 1. The predicted octanol–water partition coefficient (Wildman–Crippen LogP) is 1.62. The first-order valence-corrected chi connectivity index (χ1v) is 7.13. The molecule has 0 aromatic carbocycles. The smallest absolute Gasteiger partial charge is 0.242 e. The molecule has 0 aliphatic carbocycles. The number of carbonyl (C=O) groups is 1. The molecule has 2 aromatic heterocycles. The Morgan fingerprint density at radius 2 is 2.00 bits per heavy atom. The van der Waals surface area contributed by atoms with Gasteiger partial charge in [-0.15, -0.1) is 0 Å². The van der Waals surface area contributed by atoms with Gasteiger partial charge in [-0.2, -0.15) is 10.2 Å². The molecule has 2 heterocycles. The molecule has 6 nitrogen and oxygen atoms in total. The number of amides is 1. The third-order valence-corrected chi connectivity index (χ3v) is 4.33. The van der Waals surface area contributed by atoms with E-state index in [0.717, 1.165) is 27.1 Å². The van der Waals surface area contributed by atoms with Crippen molar-refractivity contribution in [2.75, 3.05) is 0 Å². The molecule has 0 fully saturated rings. The van der Waals surface area contributed by atoms with Crippen LogP contribution in [0, 0.1) is 20.8 Å². The van der Waals surface area contributed by atoms with Crippen LogP contribution in [0.25, 0.3) is 0 Å². The summed E-state index contributed by atoms with van der Waals surface area (Å²) in [4.78, 5) is 12.0. The quantitative estimate of drug-likeness (QED) is 0.920. The molecule has 0 aliphatic heterocycles. The molecular weight excluding hydrogens is 322 g/mol. The van der Waals surface area contributed by atoms with Crippen LogP contribution < -0.4 is 5.32 Å². The van der Waals surface area contributed by atoms with Crippen LogP contribution in [-0.4, -0.2) is 25.5 Å². The molecule has 2 rings (SSSR count). The second kappa shape index (κ2) is 5.78. The van der Waals surface area contributed by atoms with Crippen LogP contribution in [0.2, 0.25) is 0 Å². The first-order chi connectivity index (χ1) is 9.38. The summed E-state index contributed by atoms with van der Waals surface area (Å²) in [6, 6.07) is 0. The summed E-state index contributed by atoms with van der Waals surface area (Å²) in [5, 5.41) is 11.5. The zero-order valence-corrected chi connectivity index (χ0v) is 13.7. The van der Waals surface area contributed by atoms with Crippen molar-refractivity contribution < 1.29 is 4.79 Å². The Kier molecular flexibility index (Phi) is 4.27. The Morgan fingerprint density at radius 3 is 2.50 bits per heavy atom. The second-order valence-corrected chi connectivity index (χ2v) is 5.63. The largest absolute Gasteiger partial charge is 0.350 e. The molecule has 7 heteroatoms. The summed E-state index contributed by atoms with van der Waals surface area (Å²) in [7, 11) is 1.87. The van der Waals surface area contributed by atoms with E-state index in [2.05, 4.69) is 31.4 Å². The number of aromatic nitrogens is 4. The van der Waals surface area contributed by atoms with Crippen LogP contribution in [0.1, 0.15) is 22.6 Å². The Balaban J connectivity index is 1.96. The van der Waals surface area contributed by atoms with Gasteiger partial charge < -0.3 is 5.32 Å². The van der Waals surface area contributed by atoms with Gasteiger partial charge in [0.1, 0.15) is 6.54 Å². The van der Waals surface area contributed by atoms with Gasteiger partial charge in [-0.05, 0) is 36.7 Å². The third-order valence-electron chi connectivity index (χ3n) is 3.18. The highest BCUT2D eigenvalue weighted by atomic mass is 79.9. The second-order valence-electron chi connectivity index (χ2n) is 4.83. The highest BCUT2D eigenvalue weighted by Gasteiger charge is 2.12. The Morgan fingerprint density at radius 1 is 1.30 bits per heavy atom. The Labute approximate surface area is 126 Å². The zero-order chi connectivity index (χ0) is 14.9. The monoisotopic (exact) mass is 339 g/mol. The molecule has 0 atom stereocenters. The minimum absolute atomic E-state index is 0.0636. The van der Waals surface area contributed by atoms with E-state index < -0.39 is 0 Å². The van der Waals surface area contributed by atoms with Gasteiger partial charge in [-0.1, -0.05) is 0 Å². The maximum absolute atomic E-state index is 12.0. The van der Waals surface area contributed by atoms with Gasteiger partial charge in [0.15, 0.2) is 0 Å². The Bertz CT molecular complexity index is 643. The molecule has 20 heavy (non-hydrogen) atoms. The van der Waals surface area contributed by atoms with Crippen molar-refractivity contribution in [3.05, 3.63) is 33.3 Å². The molecule has 1 N–H and O–H groups in total. The van der Waals surface area contributed by atoms with Gasteiger partial charge in [0.2, 0.25) is 5.91 Å². The van der Waals surface area contributed by atoms with Crippen molar-refractivity contribution in [1.82, 2.24) is 24.9 Å². The zero-order valence-electron chi connectivity index (χ0n) is 12.1. The molecule has 2 aromatic rings. The van der Waals surface area contributed by atoms with Crippen molar-refractivity contribution >= 4 is 21.8 Å². The number of rotatable bonds is 4. The lowest BCUT2D eigenvalue weighted by Gasteiger charge is -2.06. The number of nitrogens with zero attached hydrogens (tertiary/aromatic N) is 4. The van der Waals surface area contributed by atoms with Crippen molar-refractivity contribution in [3.63, 3.8) is 0 Å². The fourth-order valence-corrected chi connectivity index (χ4v) is 2.32. The number of carbonyl (C=O) groups excluding carboxylic acids is 1. The number of hydrogen-bond acceptors (Lipinski definition) is 3. The molecule has 0 saturated carbocycles. The topological polar surface area (TPSA) is 64.7 Å². The maximum atomic E-state index is 12.0. The van der Waals surface area contributed by atoms with Crippen molar-refractivity contribution in [1.29, 1.82) is 0 Å². The van der Waals surface area contributed by atoms with Crippen molar-refractivity contribution in [2.24, 2.45) is 7.05 Å². The van der Waals surface area contributed by atoms with Crippen LogP contribution in [0.4, 0.5) is 0 Å². The average Bonchev–Trinajstić information content (AvgIpc) is 2.82. The van der Waals surface area contributed by atoms with E-state index in [1.54, 1.807) is 9.36 Å². The van der Waals surface area contributed by atoms with Gasteiger partial charge in [0.25, 0.3) is 0 Å². The lowest BCUT2D eigenvalue weighted by molar-refractivity contribution is -0.122. The lowest BCUT2D eigenvalue weighted by atomic mass is 10.2. The van der Waals surface area contributed by atoms with Crippen LogP contribution in [0.15, 0.2) is 10.7 Å². The summed E-state index contributed by atoms with van der Waals surface area (Å²) in [5.74, 6) is -0.0636. The van der Waals surface area contributed by atoms with E-state index in [-0.39, 0.29) is 12.5 Å². The van der Waals surface area contributed by atoms with Crippen LogP contribution in [-0.2, 0) is 24.9 Å². The van der Waals surface area contributed by atoms with E-state index >= 15 is 0 Å². The molecular formula is C13H18BrN5O. The fourth-order valence-electron chi connectivity index (χ4n) is 2.04. The number of aryl methyl sites for hydroxylation is 3. The summed E-state index contributed by atoms with van der Waals surface area (Å²) in [6.07, 6.45) is 1.91. The van der Waals surface area contributed by atoms with E-state index in [1.807, 2.05) is 34.0 Å². The highest BCUT2D eigenvalue weighted by Crippen LogP contribution is 2.19. The van der Waals surface area contributed by atoms with E-state index in [1.165, 1.54) is 0 Å². The van der Waals surface area contributed by atoms with Gasteiger partial charge in [-0.25, -0.2) is 0 Å². The molecule has 0 bridgehead atoms. The minimum Gasteiger partial charge on any atom is -0.350 e. The van der Waals surface area contributed by atoms with E-state index in [9.17, 15) is 4.79 Å². The maximum Gasteiger partial charge on any atom is 0.242 e. The predicted molar refractivity (Wildman–Crippen MR) is 79.2 cm³/mol. The molecule has 108 valence electrons. The summed E-state index contributed by atoms with van der Waals surface area (Å²) < 4.78 is 4.40. The van der Waals surface area contributed by atoms with Crippen molar-refractivity contribution in [2.45, 2.75) is 33.9 Å². The van der Waals surface area contributed by atoms with Crippen LogP contribution >= 0.6 is 15.9 Å². The summed E-state index contributed by atoms with van der Waals surface area (Å²) >= 11 is 3.45.